The standard InChI is InChI=1S/C15H18N4O2S/c1-9(2)12(20)16-10(3)13(21)17-15-19-18-14(22-15)11-7-5-4-6-8-11/h4-10H,1-3H3,(H,16,20)(H,17,19,21). The Bertz CT molecular complexity index is 655. The first-order valence-corrected chi connectivity index (χ1v) is 7.79. The first-order valence-electron chi connectivity index (χ1n) is 6.97. The molecule has 1 heterocycles. The summed E-state index contributed by atoms with van der Waals surface area (Å²) in [5, 5.41) is 14.5. The van der Waals surface area contributed by atoms with Gasteiger partial charge < -0.3 is 5.32 Å². The van der Waals surface area contributed by atoms with Gasteiger partial charge in [-0.15, -0.1) is 10.2 Å². The van der Waals surface area contributed by atoms with Gasteiger partial charge in [0.05, 0.1) is 0 Å². The normalized spacial score (nSPS) is 12.0. The lowest BCUT2D eigenvalue weighted by Gasteiger charge is -2.14. The number of amides is 2. The average molecular weight is 318 g/mol. The third kappa shape index (κ3) is 4.11. The fraction of sp³-hybridized carbons (Fsp3) is 0.333. The molecule has 6 nitrogen and oxygen atoms in total. The zero-order chi connectivity index (χ0) is 16.1. The number of hydrogen-bond acceptors (Lipinski definition) is 5. The fourth-order valence-electron chi connectivity index (χ4n) is 1.63. The summed E-state index contributed by atoms with van der Waals surface area (Å²) in [6.07, 6.45) is 0. The summed E-state index contributed by atoms with van der Waals surface area (Å²) in [7, 11) is 0. The van der Waals surface area contributed by atoms with Gasteiger partial charge in [0.1, 0.15) is 11.0 Å². The smallest absolute Gasteiger partial charge is 0.248 e. The van der Waals surface area contributed by atoms with Crippen molar-refractivity contribution in [3.63, 3.8) is 0 Å². The summed E-state index contributed by atoms with van der Waals surface area (Å²) in [5.41, 5.74) is 0.946. The lowest BCUT2D eigenvalue weighted by molar-refractivity contribution is -0.128. The van der Waals surface area contributed by atoms with Gasteiger partial charge in [-0.05, 0) is 6.92 Å². The highest BCUT2D eigenvalue weighted by Gasteiger charge is 2.18. The Morgan fingerprint density at radius 3 is 2.36 bits per heavy atom. The number of rotatable bonds is 5. The van der Waals surface area contributed by atoms with E-state index in [1.54, 1.807) is 20.8 Å². The average Bonchev–Trinajstić information content (AvgIpc) is 2.96. The Morgan fingerprint density at radius 2 is 1.73 bits per heavy atom. The number of benzene rings is 1. The van der Waals surface area contributed by atoms with Gasteiger partial charge in [-0.2, -0.15) is 0 Å². The van der Waals surface area contributed by atoms with Crippen molar-refractivity contribution < 1.29 is 9.59 Å². The van der Waals surface area contributed by atoms with Crippen molar-refractivity contribution in [1.29, 1.82) is 0 Å². The molecule has 1 aromatic heterocycles. The van der Waals surface area contributed by atoms with Crippen LogP contribution in [0.2, 0.25) is 0 Å². The zero-order valence-corrected chi connectivity index (χ0v) is 13.5. The molecule has 0 aliphatic carbocycles. The van der Waals surface area contributed by atoms with E-state index in [1.165, 1.54) is 11.3 Å². The molecule has 22 heavy (non-hydrogen) atoms. The van der Waals surface area contributed by atoms with Crippen LogP contribution in [0.25, 0.3) is 10.6 Å². The quantitative estimate of drug-likeness (QED) is 0.886. The van der Waals surface area contributed by atoms with E-state index in [-0.39, 0.29) is 17.7 Å². The van der Waals surface area contributed by atoms with Gasteiger partial charge in [0.15, 0.2) is 0 Å². The van der Waals surface area contributed by atoms with E-state index in [0.717, 1.165) is 10.6 Å². The SMILES string of the molecule is CC(C)C(=O)NC(C)C(=O)Nc1nnc(-c2ccccc2)s1. The minimum atomic E-state index is -0.626. The van der Waals surface area contributed by atoms with E-state index in [1.807, 2.05) is 30.3 Å². The molecule has 0 saturated heterocycles. The van der Waals surface area contributed by atoms with Crippen molar-refractivity contribution in [2.75, 3.05) is 5.32 Å². The van der Waals surface area contributed by atoms with Crippen molar-refractivity contribution in [3.05, 3.63) is 30.3 Å². The summed E-state index contributed by atoms with van der Waals surface area (Å²) in [5.74, 6) is -0.642. The Morgan fingerprint density at radius 1 is 1.05 bits per heavy atom. The monoisotopic (exact) mass is 318 g/mol. The molecule has 1 atom stereocenters. The van der Waals surface area contributed by atoms with Crippen molar-refractivity contribution in [2.24, 2.45) is 5.92 Å². The molecule has 1 unspecified atom stereocenters. The van der Waals surface area contributed by atoms with Crippen LogP contribution < -0.4 is 10.6 Å². The van der Waals surface area contributed by atoms with E-state index in [2.05, 4.69) is 20.8 Å². The molecule has 0 radical (unpaired) electrons. The highest BCUT2D eigenvalue weighted by atomic mass is 32.1. The highest BCUT2D eigenvalue weighted by Crippen LogP contribution is 2.25. The van der Waals surface area contributed by atoms with Gasteiger partial charge in [0.25, 0.3) is 0 Å². The largest absolute Gasteiger partial charge is 0.344 e. The Balaban J connectivity index is 1.98. The molecular formula is C15H18N4O2S. The number of carbonyl (C=O) groups is 2. The van der Waals surface area contributed by atoms with Crippen molar-refractivity contribution in [1.82, 2.24) is 15.5 Å². The summed E-state index contributed by atoms with van der Waals surface area (Å²) in [6.45, 7) is 5.18. The number of hydrogen-bond donors (Lipinski definition) is 2. The van der Waals surface area contributed by atoms with Gasteiger partial charge in [0.2, 0.25) is 16.9 Å². The second-order valence-electron chi connectivity index (χ2n) is 5.15. The lowest BCUT2D eigenvalue weighted by atomic mass is 10.2. The second kappa shape index (κ2) is 7.13. The van der Waals surface area contributed by atoms with Crippen LogP contribution in [-0.2, 0) is 9.59 Å². The van der Waals surface area contributed by atoms with E-state index in [4.69, 9.17) is 0 Å². The maximum absolute atomic E-state index is 12.0. The Labute approximate surface area is 133 Å². The van der Waals surface area contributed by atoms with Crippen molar-refractivity contribution >= 4 is 28.3 Å². The molecule has 0 spiro atoms. The number of carbonyl (C=O) groups excluding carboxylic acids is 2. The third-order valence-electron chi connectivity index (χ3n) is 2.95. The molecule has 0 aliphatic rings. The van der Waals surface area contributed by atoms with Gasteiger partial charge in [-0.1, -0.05) is 55.5 Å². The van der Waals surface area contributed by atoms with Crippen molar-refractivity contribution in [2.45, 2.75) is 26.8 Å². The molecule has 2 aromatic rings. The van der Waals surface area contributed by atoms with Crippen LogP contribution in [0.1, 0.15) is 20.8 Å². The minimum absolute atomic E-state index is 0.162. The predicted molar refractivity (Wildman–Crippen MR) is 86.4 cm³/mol. The first-order chi connectivity index (χ1) is 10.5. The van der Waals surface area contributed by atoms with Gasteiger partial charge in [0, 0.05) is 11.5 Å². The third-order valence-corrected chi connectivity index (χ3v) is 3.84. The summed E-state index contributed by atoms with van der Waals surface area (Å²) < 4.78 is 0. The molecule has 0 fully saturated rings. The van der Waals surface area contributed by atoms with Crippen LogP contribution >= 0.6 is 11.3 Å². The Hall–Kier alpha value is -2.28. The topological polar surface area (TPSA) is 84.0 Å². The predicted octanol–water partition coefficient (Wildman–Crippen LogP) is 2.30. The number of anilines is 1. The molecular weight excluding hydrogens is 300 g/mol. The zero-order valence-electron chi connectivity index (χ0n) is 12.7. The fourth-order valence-corrected chi connectivity index (χ4v) is 2.38. The van der Waals surface area contributed by atoms with Crippen molar-refractivity contribution in [3.8, 4) is 10.6 Å². The van der Waals surface area contributed by atoms with E-state index < -0.39 is 6.04 Å². The molecule has 2 N–H and O–H groups in total. The summed E-state index contributed by atoms with van der Waals surface area (Å²) >= 11 is 1.29. The molecule has 116 valence electrons. The minimum Gasteiger partial charge on any atom is -0.344 e. The molecule has 2 rings (SSSR count). The van der Waals surface area contributed by atoms with Crippen LogP contribution in [0.15, 0.2) is 30.3 Å². The van der Waals surface area contributed by atoms with E-state index in [9.17, 15) is 9.59 Å². The molecule has 1 aromatic carbocycles. The number of nitrogens with zero attached hydrogens (tertiary/aromatic N) is 2. The van der Waals surface area contributed by atoms with Crippen LogP contribution in [0.5, 0.6) is 0 Å². The Kier molecular flexibility index (Phi) is 5.21. The molecule has 7 heteroatoms. The van der Waals surface area contributed by atoms with Gasteiger partial charge in [-0.3, -0.25) is 14.9 Å². The lowest BCUT2D eigenvalue weighted by Crippen LogP contribution is -2.43. The van der Waals surface area contributed by atoms with E-state index in [0.29, 0.717) is 5.13 Å². The maximum atomic E-state index is 12.0. The van der Waals surface area contributed by atoms with Crippen LogP contribution in [0, 0.1) is 5.92 Å². The second-order valence-corrected chi connectivity index (χ2v) is 6.13. The van der Waals surface area contributed by atoms with Crippen LogP contribution in [-0.4, -0.2) is 28.1 Å². The van der Waals surface area contributed by atoms with Crippen LogP contribution in [0.4, 0.5) is 5.13 Å². The highest BCUT2D eigenvalue weighted by molar-refractivity contribution is 7.18. The summed E-state index contributed by atoms with van der Waals surface area (Å²) in [4.78, 5) is 23.6. The number of aromatic nitrogens is 2. The molecule has 0 aliphatic heterocycles. The molecule has 2 amide bonds. The van der Waals surface area contributed by atoms with Gasteiger partial charge >= 0.3 is 0 Å². The molecule has 0 saturated carbocycles. The molecule has 0 bridgehead atoms. The van der Waals surface area contributed by atoms with E-state index >= 15 is 0 Å². The summed E-state index contributed by atoms with van der Waals surface area (Å²) in [6, 6.07) is 8.98. The first kappa shape index (κ1) is 16.1. The maximum Gasteiger partial charge on any atom is 0.248 e. The van der Waals surface area contributed by atoms with Crippen LogP contribution in [0.3, 0.4) is 0 Å². The van der Waals surface area contributed by atoms with Gasteiger partial charge in [-0.25, -0.2) is 0 Å². The number of nitrogens with one attached hydrogen (secondary N) is 2.